The highest BCUT2D eigenvalue weighted by molar-refractivity contribution is 5.41. The van der Waals surface area contributed by atoms with Gasteiger partial charge in [0.15, 0.2) is 0 Å². The molecule has 0 spiro atoms. The first-order valence-electron chi connectivity index (χ1n) is 16.8. The summed E-state index contributed by atoms with van der Waals surface area (Å²) < 4.78 is 0. The first-order chi connectivity index (χ1) is 19.1. The molecule has 0 aliphatic rings. The molecule has 0 radical (unpaired) electrons. The zero-order chi connectivity index (χ0) is 29.0. The van der Waals surface area contributed by atoms with Crippen molar-refractivity contribution in [2.24, 2.45) is 17.3 Å². The van der Waals surface area contributed by atoms with Crippen LogP contribution in [0.5, 0.6) is 0 Å². The standard InChI is InChI=1S/C39H66/c1-8-15-21-26-31-36(30-24-18-11-4)38(33-27-22-16-9-2)39(34-28-20-13-6,35-29-23-17-10-3)37(14-7)32-25-19-12-5/h14,24-36,38H,8-13,15-23H2,1-7H3. The van der Waals surface area contributed by atoms with Gasteiger partial charge in [0.2, 0.25) is 0 Å². The van der Waals surface area contributed by atoms with Crippen LogP contribution >= 0.6 is 0 Å². The van der Waals surface area contributed by atoms with Gasteiger partial charge in [0, 0.05) is 17.3 Å². The summed E-state index contributed by atoms with van der Waals surface area (Å²) >= 11 is 0. The molecule has 0 amide bonds. The topological polar surface area (TPSA) is 0 Å². The van der Waals surface area contributed by atoms with E-state index in [4.69, 9.17) is 0 Å². The van der Waals surface area contributed by atoms with Crippen LogP contribution < -0.4 is 0 Å². The normalized spacial score (nSPS) is 16.6. The molecule has 0 saturated carbocycles. The molecule has 0 fully saturated rings. The Morgan fingerprint density at radius 1 is 0.513 bits per heavy atom. The summed E-state index contributed by atoms with van der Waals surface area (Å²) in [5, 5.41) is 0. The first-order valence-corrected chi connectivity index (χ1v) is 16.8. The molecule has 0 aliphatic heterocycles. The lowest BCUT2D eigenvalue weighted by Crippen LogP contribution is -2.32. The van der Waals surface area contributed by atoms with E-state index >= 15 is 0 Å². The van der Waals surface area contributed by atoms with E-state index in [1.165, 1.54) is 69.8 Å². The maximum absolute atomic E-state index is 2.58. The van der Waals surface area contributed by atoms with E-state index in [0.717, 1.165) is 32.1 Å². The molecule has 0 nitrogen and oxygen atoms in total. The van der Waals surface area contributed by atoms with E-state index in [0.29, 0.717) is 11.8 Å². The molecular weight excluding hydrogens is 468 g/mol. The van der Waals surface area contributed by atoms with Crippen LogP contribution in [-0.4, -0.2) is 0 Å². The van der Waals surface area contributed by atoms with Crippen LogP contribution in [0.4, 0.5) is 0 Å². The second kappa shape index (κ2) is 26.4. The van der Waals surface area contributed by atoms with Crippen molar-refractivity contribution in [2.75, 3.05) is 0 Å². The number of hydrogen-bond donors (Lipinski definition) is 0. The zero-order valence-electron chi connectivity index (χ0n) is 27.3. The molecule has 3 unspecified atom stereocenters. The Morgan fingerprint density at radius 2 is 0.949 bits per heavy atom. The van der Waals surface area contributed by atoms with Crippen molar-refractivity contribution in [3.8, 4) is 0 Å². The minimum absolute atomic E-state index is 0.180. The summed E-state index contributed by atoms with van der Waals surface area (Å²) in [7, 11) is 0. The maximum atomic E-state index is 2.58. The van der Waals surface area contributed by atoms with Gasteiger partial charge in [-0.2, -0.15) is 0 Å². The van der Waals surface area contributed by atoms with E-state index in [2.05, 4.69) is 127 Å². The van der Waals surface area contributed by atoms with E-state index in [1.54, 1.807) is 0 Å². The predicted octanol–water partition coefficient (Wildman–Crippen LogP) is 13.5. The molecule has 0 bridgehead atoms. The summed E-state index contributed by atoms with van der Waals surface area (Å²) in [6.07, 6.45) is 50.2. The van der Waals surface area contributed by atoms with Gasteiger partial charge < -0.3 is 0 Å². The maximum Gasteiger partial charge on any atom is 0.0380 e. The molecule has 0 aromatic rings. The van der Waals surface area contributed by atoms with Crippen LogP contribution in [0.15, 0.2) is 84.6 Å². The van der Waals surface area contributed by atoms with Crippen LogP contribution in [0.1, 0.15) is 145 Å². The first kappa shape index (κ1) is 37.2. The van der Waals surface area contributed by atoms with Gasteiger partial charge in [0.05, 0.1) is 0 Å². The molecular formula is C39H66. The lowest BCUT2D eigenvalue weighted by Gasteiger charge is -2.40. The summed E-state index contributed by atoms with van der Waals surface area (Å²) in [6.45, 7) is 16.0. The average Bonchev–Trinajstić information content (AvgIpc) is 2.95. The van der Waals surface area contributed by atoms with Gasteiger partial charge >= 0.3 is 0 Å². The molecule has 3 atom stereocenters. The fourth-order valence-electron chi connectivity index (χ4n) is 5.05. The number of rotatable bonds is 24. The SMILES string of the molecule is CC=C(C=CCCC)C(C=CCCC)(C=CCCCC)C(C=CCCCC)C(C=CCCC)C=CCCCC. The molecule has 0 aromatic carbocycles. The molecule has 0 heterocycles. The summed E-state index contributed by atoms with van der Waals surface area (Å²) in [6, 6.07) is 0. The molecule has 0 N–H and O–H groups in total. The minimum Gasteiger partial charge on any atom is -0.0882 e. The third-order valence-electron chi connectivity index (χ3n) is 7.46. The second-order valence-electron chi connectivity index (χ2n) is 11.1. The third kappa shape index (κ3) is 16.1. The van der Waals surface area contributed by atoms with Crippen LogP contribution in [0, 0.1) is 17.3 Å². The minimum atomic E-state index is -0.180. The Bertz CT molecular complexity index is 753. The smallest absolute Gasteiger partial charge is 0.0380 e. The Hall–Kier alpha value is -1.82. The molecule has 0 rings (SSSR count). The molecule has 0 saturated heterocycles. The Labute approximate surface area is 246 Å². The molecule has 222 valence electrons. The Kier molecular flexibility index (Phi) is 25.2. The van der Waals surface area contributed by atoms with Crippen molar-refractivity contribution in [1.82, 2.24) is 0 Å². The molecule has 0 aliphatic carbocycles. The molecule has 39 heavy (non-hydrogen) atoms. The van der Waals surface area contributed by atoms with Crippen molar-refractivity contribution in [2.45, 2.75) is 145 Å². The van der Waals surface area contributed by atoms with E-state index < -0.39 is 0 Å². The van der Waals surface area contributed by atoms with Crippen LogP contribution in [0.2, 0.25) is 0 Å². The Balaban J connectivity index is 7.26. The van der Waals surface area contributed by atoms with E-state index in [9.17, 15) is 0 Å². The van der Waals surface area contributed by atoms with Crippen molar-refractivity contribution in [3.05, 3.63) is 84.6 Å². The third-order valence-corrected chi connectivity index (χ3v) is 7.46. The largest absolute Gasteiger partial charge is 0.0882 e. The van der Waals surface area contributed by atoms with Crippen LogP contribution in [0.3, 0.4) is 0 Å². The average molecular weight is 535 g/mol. The van der Waals surface area contributed by atoms with Crippen LogP contribution in [-0.2, 0) is 0 Å². The van der Waals surface area contributed by atoms with E-state index in [-0.39, 0.29) is 5.41 Å². The van der Waals surface area contributed by atoms with E-state index in [1.807, 2.05) is 0 Å². The fraction of sp³-hybridized carbons (Fsp3) is 0.641. The highest BCUT2D eigenvalue weighted by atomic mass is 14.4. The lowest BCUT2D eigenvalue weighted by atomic mass is 9.63. The van der Waals surface area contributed by atoms with Gasteiger partial charge in [0.1, 0.15) is 0 Å². The number of hydrogen-bond acceptors (Lipinski definition) is 0. The lowest BCUT2D eigenvalue weighted by molar-refractivity contribution is 0.372. The molecule has 0 aromatic heterocycles. The predicted molar refractivity (Wildman–Crippen MR) is 181 cm³/mol. The summed E-state index contributed by atoms with van der Waals surface area (Å²) in [5.41, 5.74) is 1.25. The van der Waals surface area contributed by atoms with Crippen LogP contribution in [0.25, 0.3) is 0 Å². The van der Waals surface area contributed by atoms with Gasteiger partial charge in [-0.3, -0.25) is 0 Å². The summed E-state index contributed by atoms with van der Waals surface area (Å²) in [4.78, 5) is 0. The number of allylic oxidation sites excluding steroid dienone is 14. The van der Waals surface area contributed by atoms with Gasteiger partial charge in [-0.25, -0.2) is 0 Å². The van der Waals surface area contributed by atoms with Gasteiger partial charge in [0.25, 0.3) is 0 Å². The van der Waals surface area contributed by atoms with Gasteiger partial charge in [-0.05, 0) is 51.0 Å². The van der Waals surface area contributed by atoms with Crippen molar-refractivity contribution >= 4 is 0 Å². The summed E-state index contributed by atoms with van der Waals surface area (Å²) in [5.74, 6) is 0.673. The van der Waals surface area contributed by atoms with Crippen molar-refractivity contribution in [1.29, 1.82) is 0 Å². The van der Waals surface area contributed by atoms with Crippen molar-refractivity contribution < 1.29 is 0 Å². The fourth-order valence-corrected chi connectivity index (χ4v) is 5.05. The van der Waals surface area contributed by atoms with Crippen molar-refractivity contribution in [3.63, 3.8) is 0 Å². The highest BCUT2D eigenvalue weighted by Gasteiger charge is 2.38. The Morgan fingerprint density at radius 3 is 1.46 bits per heavy atom. The number of unbranched alkanes of at least 4 members (excludes halogenated alkanes) is 9. The monoisotopic (exact) mass is 535 g/mol. The highest BCUT2D eigenvalue weighted by Crippen LogP contribution is 2.46. The quantitative estimate of drug-likeness (QED) is 0.0656. The van der Waals surface area contributed by atoms with Gasteiger partial charge in [-0.15, -0.1) is 0 Å². The zero-order valence-corrected chi connectivity index (χ0v) is 27.3. The van der Waals surface area contributed by atoms with Gasteiger partial charge in [-0.1, -0.05) is 178 Å². The second-order valence-corrected chi connectivity index (χ2v) is 11.1. The molecule has 0 heteroatoms.